The highest BCUT2D eigenvalue weighted by Gasteiger charge is 2.23. The van der Waals surface area contributed by atoms with E-state index in [0.29, 0.717) is 23.6 Å². The van der Waals surface area contributed by atoms with Crippen LogP contribution in [0.4, 0.5) is 0 Å². The molecule has 1 aromatic carbocycles. The fourth-order valence-corrected chi connectivity index (χ4v) is 2.55. The molecule has 1 N–H and O–H groups in total. The minimum atomic E-state index is -1.07. The highest BCUT2D eigenvalue weighted by molar-refractivity contribution is 5.89. The maximum absolute atomic E-state index is 11.5. The Hall–Kier alpha value is -2.61. The summed E-state index contributed by atoms with van der Waals surface area (Å²) in [6.45, 7) is 1.95. The SMILES string of the molecule is CCCC[C@@H](C(=O)O)n1c(=C=O)c2ccccc2c1=C=O. The second-order valence-corrected chi connectivity index (χ2v) is 4.81. The first-order valence-corrected chi connectivity index (χ1v) is 6.77. The molecule has 0 unspecified atom stereocenters. The van der Waals surface area contributed by atoms with Crippen LogP contribution in [0.5, 0.6) is 0 Å². The van der Waals surface area contributed by atoms with Crippen LogP contribution in [-0.2, 0) is 14.4 Å². The molecule has 0 amide bonds. The maximum atomic E-state index is 11.5. The first kappa shape index (κ1) is 14.8. The number of fused-ring (bicyclic) bond motifs is 1. The van der Waals surface area contributed by atoms with Gasteiger partial charge in [-0.2, -0.15) is 0 Å². The van der Waals surface area contributed by atoms with E-state index in [1.807, 2.05) is 6.92 Å². The van der Waals surface area contributed by atoms with Crippen LogP contribution in [-0.4, -0.2) is 27.5 Å². The largest absolute Gasteiger partial charge is 0.480 e. The third kappa shape index (κ3) is 2.52. The van der Waals surface area contributed by atoms with E-state index in [1.165, 1.54) is 4.57 Å². The lowest BCUT2D eigenvalue weighted by atomic mass is 10.1. The van der Waals surface area contributed by atoms with Gasteiger partial charge in [0.05, 0.1) is 0 Å². The quantitative estimate of drug-likeness (QED) is 0.866. The van der Waals surface area contributed by atoms with Gasteiger partial charge < -0.3 is 9.67 Å². The topological polar surface area (TPSA) is 76.4 Å². The summed E-state index contributed by atoms with van der Waals surface area (Å²) in [4.78, 5) is 34.1. The molecule has 5 nitrogen and oxygen atoms in total. The van der Waals surface area contributed by atoms with Gasteiger partial charge in [-0.15, -0.1) is 0 Å². The second kappa shape index (κ2) is 6.23. The number of benzene rings is 1. The summed E-state index contributed by atoms with van der Waals surface area (Å²) in [5.41, 5.74) is 0. The van der Waals surface area contributed by atoms with E-state index in [4.69, 9.17) is 0 Å². The van der Waals surface area contributed by atoms with Crippen molar-refractivity contribution in [1.82, 2.24) is 4.57 Å². The minimum Gasteiger partial charge on any atom is -0.480 e. The lowest BCUT2D eigenvalue weighted by molar-refractivity contribution is -0.141. The summed E-state index contributed by atoms with van der Waals surface area (Å²) in [7, 11) is 0. The number of unbranched alkanes of at least 4 members (excludes halogenated alkanes) is 1. The Balaban J connectivity index is 2.88. The van der Waals surface area contributed by atoms with Crippen LogP contribution in [0.25, 0.3) is 10.8 Å². The molecule has 0 saturated carbocycles. The van der Waals surface area contributed by atoms with Crippen molar-refractivity contribution in [2.45, 2.75) is 32.2 Å². The van der Waals surface area contributed by atoms with E-state index in [0.717, 1.165) is 6.42 Å². The van der Waals surface area contributed by atoms with E-state index in [1.54, 1.807) is 36.1 Å². The highest BCUT2D eigenvalue weighted by atomic mass is 16.4. The average Bonchev–Trinajstić information content (AvgIpc) is 2.80. The zero-order valence-electron chi connectivity index (χ0n) is 11.6. The number of carbonyl (C=O) groups excluding carboxylic acids is 2. The Morgan fingerprint density at radius 1 is 1.19 bits per heavy atom. The molecule has 0 aliphatic heterocycles. The molecule has 2 aromatic rings. The normalized spacial score (nSPS) is 11.9. The Bertz CT molecular complexity index is 782. The Morgan fingerprint density at radius 2 is 1.71 bits per heavy atom. The van der Waals surface area contributed by atoms with Crippen molar-refractivity contribution in [2.75, 3.05) is 0 Å². The molecule has 5 heteroatoms. The van der Waals surface area contributed by atoms with E-state index < -0.39 is 12.0 Å². The number of hydrogen-bond donors (Lipinski definition) is 1. The summed E-state index contributed by atoms with van der Waals surface area (Å²) in [6.07, 6.45) is 1.85. The monoisotopic (exact) mass is 285 g/mol. The predicted molar refractivity (Wildman–Crippen MR) is 77.0 cm³/mol. The average molecular weight is 285 g/mol. The van der Waals surface area contributed by atoms with Crippen LogP contribution in [0.3, 0.4) is 0 Å². The van der Waals surface area contributed by atoms with Crippen molar-refractivity contribution >= 4 is 28.6 Å². The first-order chi connectivity index (χ1) is 10.2. The second-order valence-electron chi connectivity index (χ2n) is 4.81. The minimum absolute atomic E-state index is 0.0902. The third-order valence-electron chi connectivity index (χ3n) is 3.54. The molecule has 108 valence electrons. The van der Waals surface area contributed by atoms with Gasteiger partial charge in [-0.1, -0.05) is 44.0 Å². The highest BCUT2D eigenvalue weighted by Crippen LogP contribution is 2.14. The summed E-state index contributed by atoms with van der Waals surface area (Å²) < 4.78 is 1.25. The first-order valence-electron chi connectivity index (χ1n) is 6.77. The number of aromatic nitrogens is 1. The predicted octanol–water partition coefficient (Wildman–Crippen LogP) is 0.464. The van der Waals surface area contributed by atoms with Gasteiger partial charge in [0.1, 0.15) is 16.7 Å². The number of rotatable bonds is 5. The van der Waals surface area contributed by atoms with Gasteiger partial charge >= 0.3 is 5.97 Å². The number of hydrogen-bond acceptors (Lipinski definition) is 3. The van der Waals surface area contributed by atoms with E-state index in [-0.39, 0.29) is 10.7 Å². The van der Waals surface area contributed by atoms with Gasteiger partial charge in [-0.25, -0.2) is 14.4 Å². The molecule has 1 atom stereocenters. The van der Waals surface area contributed by atoms with E-state index >= 15 is 0 Å². The van der Waals surface area contributed by atoms with E-state index in [9.17, 15) is 19.5 Å². The molecule has 0 bridgehead atoms. The molecule has 0 fully saturated rings. The number of carboxylic acids is 1. The molecule has 1 heterocycles. The molecule has 0 spiro atoms. The van der Waals surface area contributed by atoms with Gasteiger partial charge in [0, 0.05) is 10.8 Å². The zero-order chi connectivity index (χ0) is 15.4. The van der Waals surface area contributed by atoms with Crippen molar-refractivity contribution in [2.24, 2.45) is 0 Å². The lowest BCUT2D eigenvalue weighted by Crippen LogP contribution is -2.36. The molecule has 0 saturated heterocycles. The van der Waals surface area contributed by atoms with Gasteiger partial charge in [0.2, 0.25) is 0 Å². The molecular weight excluding hydrogens is 270 g/mol. The molecule has 1 aromatic heterocycles. The standard InChI is InChI=1S/C16H15NO4/c1-2-3-8-13(16(20)21)17-14(9-18)11-6-4-5-7-12(11)15(17)10-19/h4-7,13H,2-3,8H2,1H3,(H,20,21)/t13-/m0/s1. The van der Waals surface area contributed by atoms with Gasteiger partial charge in [-0.3, -0.25) is 0 Å². The molecular formula is C16H15NO4. The molecule has 2 rings (SSSR count). The van der Waals surface area contributed by atoms with Crippen molar-refractivity contribution in [1.29, 1.82) is 0 Å². The Morgan fingerprint density at radius 3 is 2.10 bits per heavy atom. The van der Waals surface area contributed by atoms with Gasteiger partial charge in [0.15, 0.2) is 11.9 Å². The van der Waals surface area contributed by atoms with Crippen LogP contribution >= 0.6 is 0 Å². The lowest BCUT2D eigenvalue weighted by Gasteiger charge is -2.13. The van der Waals surface area contributed by atoms with Crippen molar-refractivity contribution < 1.29 is 19.5 Å². The molecule has 0 aliphatic rings. The molecule has 0 radical (unpaired) electrons. The van der Waals surface area contributed by atoms with Crippen molar-refractivity contribution in [3.05, 3.63) is 35.0 Å². The van der Waals surface area contributed by atoms with Crippen LogP contribution in [0, 0.1) is 0 Å². The van der Waals surface area contributed by atoms with E-state index in [2.05, 4.69) is 0 Å². The Labute approximate surface area is 120 Å². The summed E-state index contributed by atoms with van der Waals surface area (Å²) >= 11 is 0. The number of carbonyl (C=O) groups is 1. The van der Waals surface area contributed by atoms with Crippen LogP contribution in [0.1, 0.15) is 32.2 Å². The smallest absolute Gasteiger partial charge is 0.326 e. The summed E-state index contributed by atoms with van der Waals surface area (Å²) in [5.74, 6) is 2.48. The molecule has 0 aliphatic carbocycles. The van der Waals surface area contributed by atoms with Crippen LogP contribution < -0.4 is 10.7 Å². The summed E-state index contributed by atoms with van der Waals surface area (Å²) in [6, 6.07) is 5.83. The van der Waals surface area contributed by atoms with Crippen molar-refractivity contribution in [3.8, 4) is 0 Å². The Kier molecular flexibility index (Phi) is 4.39. The maximum Gasteiger partial charge on any atom is 0.326 e. The fourth-order valence-electron chi connectivity index (χ4n) is 2.55. The van der Waals surface area contributed by atoms with Crippen LogP contribution in [0.2, 0.25) is 0 Å². The summed E-state index contributed by atoms with van der Waals surface area (Å²) in [5, 5.41) is 10.7. The zero-order valence-corrected chi connectivity index (χ0v) is 11.6. The van der Waals surface area contributed by atoms with Crippen molar-refractivity contribution in [3.63, 3.8) is 0 Å². The number of aliphatic carboxylic acids is 1. The fraction of sp³-hybridized carbons (Fsp3) is 0.312. The number of nitrogens with zero attached hydrogens (tertiary/aromatic N) is 1. The third-order valence-corrected chi connectivity index (χ3v) is 3.54. The number of carboxylic acid groups (broad SMARTS) is 1. The molecule has 21 heavy (non-hydrogen) atoms. The van der Waals surface area contributed by atoms with Gasteiger partial charge in [0.25, 0.3) is 0 Å². The van der Waals surface area contributed by atoms with Gasteiger partial charge in [-0.05, 0) is 6.42 Å². The van der Waals surface area contributed by atoms with Crippen LogP contribution in [0.15, 0.2) is 24.3 Å².